The van der Waals surface area contributed by atoms with Crippen molar-refractivity contribution >= 4 is 27.5 Å². The Balaban J connectivity index is 2.31. The first-order valence-electron chi connectivity index (χ1n) is 5.09. The summed E-state index contributed by atoms with van der Waals surface area (Å²) in [6.07, 6.45) is 5.14. The van der Waals surface area contributed by atoms with E-state index in [1.165, 1.54) is 31.2 Å². The van der Waals surface area contributed by atoms with Crippen LogP contribution in [-0.4, -0.2) is 5.88 Å². The van der Waals surface area contributed by atoms with Gasteiger partial charge in [0.1, 0.15) is 0 Å². The summed E-state index contributed by atoms with van der Waals surface area (Å²) in [4.78, 5) is 0. The van der Waals surface area contributed by atoms with Crippen LogP contribution in [0, 0.1) is 0 Å². The highest BCUT2D eigenvalue weighted by molar-refractivity contribution is 9.10. The van der Waals surface area contributed by atoms with E-state index in [-0.39, 0.29) is 5.41 Å². The van der Waals surface area contributed by atoms with E-state index in [0.29, 0.717) is 0 Å². The largest absolute Gasteiger partial charge is 0.126 e. The molecule has 76 valence electrons. The van der Waals surface area contributed by atoms with Crippen LogP contribution in [0.4, 0.5) is 0 Å². The summed E-state index contributed by atoms with van der Waals surface area (Å²) in [5.41, 5.74) is 1.68. The topological polar surface area (TPSA) is 0 Å². The van der Waals surface area contributed by atoms with Crippen molar-refractivity contribution in [2.24, 2.45) is 0 Å². The van der Waals surface area contributed by atoms with Crippen LogP contribution in [0.2, 0.25) is 0 Å². The molecule has 0 aliphatic heterocycles. The number of benzene rings is 1. The maximum atomic E-state index is 6.13. The predicted octanol–water partition coefficient (Wildman–Crippen LogP) is 4.50. The third-order valence-electron chi connectivity index (χ3n) is 3.27. The molecule has 0 bridgehead atoms. The smallest absolute Gasteiger partial charge is 0.0320 e. The molecule has 0 radical (unpaired) electrons. The Morgan fingerprint density at radius 2 is 1.71 bits per heavy atom. The Labute approximate surface area is 98.8 Å². The molecule has 1 fully saturated rings. The van der Waals surface area contributed by atoms with Crippen molar-refractivity contribution < 1.29 is 0 Å². The van der Waals surface area contributed by atoms with Crippen molar-refractivity contribution in [2.45, 2.75) is 31.1 Å². The Kier molecular flexibility index (Phi) is 3.18. The third-order valence-corrected chi connectivity index (χ3v) is 4.31. The van der Waals surface area contributed by atoms with Crippen molar-refractivity contribution in [3.63, 3.8) is 0 Å². The van der Waals surface area contributed by atoms with E-state index in [9.17, 15) is 0 Å². The molecular formula is C12H14BrCl. The molecule has 1 aromatic carbocycles. The van der Waals surface area contributed by atoms with Gasteiger partial charge >= 0.3 is 0 Å². The van der Waals surface area contributed by atoms with Gasteiger partial charge in [0.2, 0.25) is 0 Å². The van der Waals surface area contributed by atoms with Crippen molar-refractivity contribution in [1.82, 2.24) is 0 Å². The van der Waals surface area contributed by atoms with Gasteiger partial charge in [0.25, 0.3) is 0 Å². The zero-order chi connectivity index (χ0) is 10.0. The van der Waals surface area contributed by atoms with Crippen LogP contribution in [0.1, 0.15) is 31.2 Å². The third kappa shape index (κ3) is 1.85. The summed E-state index contributed by atoms with van der Waals surface area (Å²) in [5, 5.41) is 0. The molecule has 0 aromatic heterocycles. The highest BCUT2D eigenvalue weighted by Gasteiger charge is 2.34. The molecule has 0 spiro atoms. The molecule has 0 atom stereocenters. The van der Waals surface area contributed by atoms with E-state index in [1.807, 2.05) is 0 Å². The van der Waals surface area contributed by atoms with E-state index in [2.05, 4.69) is 40.2 Å². The average molecular weight is 274 g/mol. The molecular weight excluding hydrogens is 259 g/mol. The van der Waals surface area contributed by atoms with Gasteiger partial charge in [-0.3, -0.25) is 0 Å². The SMILES string of the molecule is ClCC1(c2ccc(Br)cc2)CCCC1. The van der Waals surface area contributed by atoms with Gasteiger partial charge in [0.05, 0.1) is 0 Å². The van der Waals surface area contributed by atoms with E-state index in [1.54, 1.807) is 0 Å². The lowest BCUT2D eigenvalue weighted by Gasteiger charge is -2.26. The molecule has 0 nitrogen and oxygen atoms in total. The van der Waals surface area contributed by atoms with Gasteiger partial charge in [0, 0.05) is 15.8 Å². The van der Waals surface area contributed by atoms with Gasteiger partial charge < -0.3 is 0 Å². The monoisotopic (exact) mass is 272 g/mol. The van der Waals surface area contributed by atoms with Gasteiger partial charge in [0.15, 0.2) is 0 Å². The number of halogens is 2. The van der Waals surface area contributed by atoms with Crippen molar-refractivity contribution in [3.05, 3.63) is 34.3 Å². The van der Waals surface area contributed by atoms with Crippen LogP contribution >= 0.6 is 27.5 Å². The highest BCUT2D eigenvalue weighted by Crippen LogP contribution is 2.42. The van der Waals surface area contributed by atoms with E-state index in [4.69, 9.17) is 11.6 Å². The molecule has 0 saturated heterocycles. The lowest BCUT2D eigenvalue weighted by Crippen LogP contribution is -2.23. The normalized spacial score (nSPS) is 19.9. The minimum Gasteiger partial charge on any atom is -0.126 e. The lowest BCUT2D eigenvalue weighted by molar-refractivity contribution is 0.498. The first-order valence-corrected chi connectivity index (χ1v) is 6.42. The van der Waals surface area contributed by atoms with Crippen molar-refractivity contribution in [1.29, 1.82) is 0 Å². The van der Waals surface area contributed by atoms with Crippen LogP contribution in [0.25, 0.3) is 0 Å². The molecule has 1 aliphatic carbocycles. The summed E-state index contributed by atoms with van der Waals surface area (Å²) in [5.74, 6) is 0.759. The lowest BCUT2D eigenvalue weighted by atomic mass is 9.81. The second-order valence-electron chi connectivity index (χ2n) is 4.13. The fraction of sp³-hybridized carbons (Fsp3) is 0.500. The molecule has 0 amide bonds. The summed E-state index contributed by atoms with van der Waals surface area (Å²) < 4.78 is 1.14. The van der Waals surface area contributed by atoms with E-state index >= 15 is 0 Å². The van der Waals surface area contributed by atoms with Crippen molar-refractivity contribution in [3.8, 4) is 0 Å². The summed E-state index contributed by atoms with van der Waals surface area (Å²) in [6, 6.07) is 8.64. The summed E-state index contributed by atoms with van der Waals surface area (Å²) in [6.45, 7) is 0. The summed E-state index contributed by atoms with van der Waals surface area (Å²) in [7, 11) is 0. The van der Waals surface area contributed by atoms with Gasteiger partial charge in [-0.2, -0.15) is 0 Å². The Morgan fingerprint density at radius 3 is 2.21 bits per heavy atom. The maximum Gasteiger partial charge on any atom is 0.0320 e. The molecule has 0 N–H and O–H groups in total. The van der Waals surface area contributed by atoms with Crippen LogP contribution < -0.4 is 0 Å². The second-order valence-corrected chi connectivity index (χ2v) is 5.31. The Hall–Kier alpha value is -0.0100. The molecule has 0 heterocycles. The molecule has 0 unspecified atom stereocenters. The van der Waals surface area contributed by atoms with Crippen LogP contribution in [-0.2, 0) is 5.41 Å². The zero-order valence-electron chi connectivity index (χ0n) is 8.10. The predicted molar refractivity (Wildman–Crippen MR) is 65.0 cm³/mol. The molecule has 2 rings (SSSR count). The molecule has 2 heteroatoms. The molecule has 1 aromatic rings. The van der Waals surface area contributed by atoms with E-state index < -0.39 is 0 Å². The maximum absolute atomic E-state index is 6.13. The zero-order valence-corrected chi connectivity index (χ0v) is 10.4. The minimum absolute atomic E-state index is 0.266. The number of hydrogen-bond acceptors (Lipinski definition) is 0. The van der Waals surface area contributed by atoms with Gasteiger partial charge in [-0.25, -0.2) is 0 Å². The quantitative estimate of drug-likeness (QED) is 0.696. The van der Waals surface area contributed by atoms with Gasteiger partial charge in [-0.15, -0.1) is 11.6 Å². The second kappa shape index (κ2) is 4.24. The number of rotatable bonds is 2. The number of hydrogen-bond donors (Lipinski definition) is 0. The molecule has 1 saturated carbocycles. The fourth-order valence-electron chi connectivity index (χ4n) is 2.35. The first kappa shape index (κ1) is 10.5. The van der Waals surface area contributed by atoms with Gasteiger partial charge in [-0.1, -0.05) is 40.9 Å². The number of alkyl halides is 1. The van der Waals surface area contributed by atoms with Crippen LogP contribution in [0.3, 0.4) is 0 Å². The molecule has 14 heavy (non-hydrogen) atoms. The minimum atomic E-state index is 0.266. The highest BCUT2D eigenvalue weighted by atomic mass is 79.9. The van der Waals surface area contributed by atoms with E-state index in [0.717, 1.165) is 10.4 Å². The van der Waals surface area contributed by atoms with Crippen LogP contribution in [0.5, 0.6) is 0 Å². The Bertz CT molecular complexity index is 299. The van der Waals surface area contributed by atoms with Gasteiger partial charge in [-0.05, 0) is 30.5 Å². The average Bonchev–Trinajstić information content (AvgIpc) is 2.68. The fourth-order valence-corrected chi connectivity index (χ4v) is 3.04. The standard InChI is InChI=1S/C12H14BrCl/c13-11-5-3-10(4-6-11)12(9-14)7-1-2-8-12/h3-6H,1-2,7-9H2. The Morgan fingerprint density at radius 1 is 1.14 bits per heavy atom. The van der Waals surface area contributed by atoms with Crippen molar-refractivity contribution in [2.75, 3.05) is 5.88 Å². The summed E-state index contributed by atoms with van der Waals surface area (Å²) >= 11 is 9.59. The van der Waals surface area contributed by atoms with Crippen LogP contribution in [0.15, 0.2) is 28.7 Å². The molecule has 1 aliphatic rings. The first-order chi connectivity index (χ1) is 6.77.